The van der Waals surface area contributed by atoms with Gasteiger partial charge in [0.1, 0.15) is 29.5 Å². The van der Waals surface area contributed by atoms with E-state index < -0.39 is 5.82 Å². The minimum Gasteiger partial charge on any atom is -0.311 e. The lowest BCUT2D eigenvalue weighted by molar-refractivity contribution is -0.114. The molecule has 1 N–H and O–H groups in total. The highest BCUT2D eigenvalue weighted by atomic mass is 19.1. The Hall–Kier alpha value is -4.40. The fourth-order valence-corrected chi connectivity index (χ4v) is 3.56. The second-order valence-corrected chi connectivity index (χ2v) is 7.34. The Morgan fingerprint density at radius 2 is 1.94 bits per heavy atom. The smallest absolute Gasteiger partial charge is 0.222 e. The number of nitrogens with zero attached hydrogens (tertiary/aromatic N) is 6. The van der Waals surface area contributed by atoms with Crippen molar-refractivity contribution in [3.8, 4) is 28.2 Å². The first-order valence-electron chi connectivity index (χ1n) is 9.85. The Bertz CT molecular complexity index is 1470. The first kappa shape index (κ1) is 19.6. The van der Waals surface area contributed by atoms with Gasteiger partial charge in [0.15, 0.2) is 0 Å². The summed E-state index contributed by atoms with van der Waals surface area (Å²) in [6, 6.07) is 12.1. The molecule has 158 valence electrons. The van der Waals surface area contributed by atoms with Gasteiger partial charge >= 0.3 is 0 Å². The summed E-state index contributed by atoms with van der Waals surface area (Å²) in [6.45, 7) is 1.39. The number of benzene rings is 1. The molecule has 0 fully saturated rings. The monoisotopic (exact) mass is 427 g/mol. The molecule has 0 spiro atoms. The first-order chi connectivity index (χ1) is 15.5. The highest BCUT2D eigenvalue weighted by molar-refractivity contribution is 5.89. The topological polar surface area (TPSA) is 90.5 Å². The molecule has 0 radical (unpaired) electrons. The van der Waals surface area contributed by atoms with Gasteiger partial charge in [0.2, 0.25) is 5.91 Å². The van der Waals surface area contributed by atoms with Gasteiger partial charge in [-0.25, -0.2) is 14.4 Å². The summed E-state index contributed by atoms with van der Waals surface area (Å²) in [7, 11) is 1.87. The van der Waals surface area contributed by atoms with E-state index in [0.29, 0.717) is 17.2 Å². The molecule has 0 saturated carbocycles. The highest BCUT2D eigenvalue weighted by Gasteiger charge is 2.14. The quantitative estimate of drug-likeness (QED) is 0.469. The first-order valence-corrected chi connectivity index (χ1v) is 9.85. The average Bonchev–Trinajstić information content (AvgIpc) is 3.39. The number of imidazole rings is 1. The van der Waals surface area contributed by atoms with Crippen LogP contribution in [0.25, 0.3) is 39.2 Å². The summed E-state index contributed by atoms with van der Waals surface area (Å²) in [4.78, 5) is 24.8. The lowest BCUT2D eigenvalue weighted by atomic mass is 10.1. The predicted octanol–water partition coefficient (Wildman–Crippen LogP) is 3.98. The second kappa shape index (κ2) is 7.69. The van der Waals surface area contributed by atoms with E-state index in [2.05, 4.69) is 25.4 Å². The predicted molar refractivity (Wildman–Crippen MR) is 119 cm³/mol. The Kier molecular flexibility index (Phi) is 4.70. The third-order valence-corrected chi connectivity index (χ3v) is 4.98. The van der Waals surface area contributed by atoms with Gasteiger partial charge in [0.05, 0.1) is 17.2 Å². The van der Waals surface area contributed by atoms with Gasteiger partial charge in [-0.3, -0.25) is 19.0 Å². The van der Waals surface area contributed by atoms with E-state index in [0.717, 1.165) is 22.2 Å². The number of rotatable bonds is 4. The maximum Gasteiger partial charge on any atom is 0.222 e. The van der Waals surface area contributed by atoms with E-state index in [1.807, 2.05) is 31.4 Å². The number of hydrogen-bond donors (Lipinski definition) is 1. The molecule has 0 saturated heterocycles. The molecule has 8 nitrogen and oxygen atoms in total. The summed E-state index contributed by atoms with van der Waals surface area (Å²) in [5.74, 6) is 0.0329. The maximum atomic E-state index is 14.4. The summed E-state index contributed by atoms with van der Waals surface area (Å²) < 4.78 is 17.9. The van der Waals surface area contributed by atoms with Crippen LogP contribution in [0.3, 0.4) is 0 Å². The number of aryl methyl sites for hydroxylation is 1. The van der Waals surface area contributed by atoms with Gasteiger partial charge in [0, 0.05) is 37.5 Å². The van der Waals surface area contributed by atoms with E-state index in [-0.39, 0.29) is 11.6 Å². The zero-order valence-corrected chi connectivity index (χ0v) is 17.3. The number of carbonyl (C=O) groups excluding carboxylic acids is 1. The molecule has 5 aromatic rings. The minimum absolute atomic E-state index is 0.172. The van der Waals surface area contributed by atoms with E-state index in [9.17, 15) is 9.18 Å². The molecule has 1 amide bonds. The van der Waals surface area contributed by atoms with Gasteiger partial charge in [0.25, 0.3) is 0 Å². The molecule has 0 aliphatic rings. The zero-order valence-electron chi connectivity index (χ0n) is 17.3. The van der Waals surface area contributed by atoms with Crippen LogP contribution in [0.15, 0.2) is 67.4 Å². The van der Waals surface area contributed by atoms with Gasteiger partial charge in [-0.1, -0.05) is 6.07 Å². The Balaban J connectivity index is 1.64. The molecule has 0 aliphatic heterocycles. The molecule has 0 unspecified atom stereocenters. The van der Waals surface area contributed by atoms with Crippen LogP contribution in [0.4, 0.5) is 10.2 Å². The van der Waals surface area contributed by atoms with Gasteiger partial charge < -0.3 is 5.32 Å². The Morgan fingerprint density at radius 3 is 2.69 bits per heavy atom. The van der Waals surface area contributed by atoms with Gasteiger partial charge in [-0.15, -0.1) is 0 Å². The number of anilines is 1. The number of pyridine rings is 2. The number of amides is 1. The van der Waals surface area contributed by atoms with Crippen LogP contribution in [-0.4, -0.2) is 35.2 Å². The Labute approximate surface area is 182 Å². The number of carbonyl (C=O) groups is 1. The third kappa shape index (κ3) is 3.60. The highest BCUT2D eigenvalue weighted by Crippen LogP contribution is 2.28. The molecule has 0 atom stereocenters. The second-order valence-electron chi connectivity index (χ2n) is 7.34. The normalized spacial score (nSPS) is 11.1. The zero-order chi connectivity index (χ0) is 22.2. The van der Waals surface area contributed by atoms with Crippen LogP contribution in [0.1, 0.15) is 6.92 Å². The largest absolute Gasteiger partial charge is 0.311 e. The number of hydrogen-bond acceptors (Lipinski definition) is 5. The number of fused-ring (bicyclic) bond motifs is 1. The van der Waals surface area contributed by atoms with Crippen LogP contribution >= 0.6 is 0 Å². The number of nitrogens with one attached hydrogen (secondary N) is 1. The summed E-state index contributed by atoms with van der Waals surface area (Å²) in [5.41, 5.74) is 4.23. The summed E-state index contributed by atoms with van der Waals surface area (Å²) in [6.07, 6.45) is 6.90. The van der Waals surface area contributed by atoms with E-state index in [1.54, 1.807) is 33.9 Å². The van der Waals surface area contributed by atoms with Crippen LogP contribution in [-0.2, 0) is 11.8 Å². The van der Waals surface area contributed by atoms with Crippen LogP contribution < -0.4 is 5.32 Å². The molecule has 1 aromatic carbocycles. The number of aromatic nitrogens is 6. The average molecular weight is 427 g/mol. The molecule has 32 heavy (non-hydrogen) atoms. The van der Waals surface area contributed by atoms with Crippen molar-refractivity contribution in [1.29, 1.82) is 0 Å². The van der Waals surface area contributed by atoms with Crippen molar-refractivity contribution in [2.75, 3.05) is 5.32 Å². The van der Waals surface area contributed by atoms with Crippen molar-refractivity contribution in [2.24, 2.45) is 7.05 Å². The molecule has 9 heteroatoms. The Morgan fingerprint density at radius 1 is 1.06 bits per heavy atom. The van der Waals surface area contributed by atoms with Gasteiger partial charge in [-0.2, -0.15) is 5.10 Å². The lowest BCUT2D eigenvalue weighted by Gasteiger charge is -2.11. The summed E-state index contributed by atoms with van der Waals surface area (Å²) >= 11 is 0. The van der Waals surface area contributed by atoms with Crippen LogP contribution in [0.5, 0.6) is 0 Å². The molecule has 4 aromatic heterocycles. The molecule has 0 aliphatic carbocycles. The molecule has 4 heterocycles. The molecular weight excluding hydrogens is 409 g/mol. The molecule has 5 rings (SSSR count). The van der Waals surface area contributed by atoms with Crippen LogP contribution in [0.2, 0.25) is 0 Å². The SMILES string of the molecule is CC(=O)Nc1cc(-c2ncccc2F)cc(-n2cnc3cc(-c4cnn(C)c4)ccc32)n1. The van der Waals surface area contributed by atoms with E-state index >= 15 is 0 Å². The van der Waals surface area contributed by atoms with Crippen molar-refractivity contribution in [3.63, 3.8) is 0 Å². The summed E-state index contributed by atoms with van der Waals surface area (Å²) in [5, 5.41) is 6.89. The van der Waals surface area contributed by atoms with Crippen molar-refractivity contribution in [3.05, 3.63) is 73.2 Å². The third-order valence-electron chi connectivity index (χ3n) is 4.98. The number of halogens is 1. The fourth-order valence-electron chi connectivity index (χ4n) is 3.56. The van der Waals surface area contributed by atoms with Crippen molar-refractivity contribution in [1.82, 2.24) is 29.3 Å². The fraction of sp³-hybridized carbons (Fsp3) is 0.0870. The van der Waals surface area contributed by atoms with Crippen molar-refractivity contribution >= 4 is 22.8 Å². The lowest BCUT2D eigenvalue weighted by Crippen LogP contribution is -2.09. The van der Waals surface area contributed by atoms with Gasteiger partial charge in [-0.05, 0) is 42.0 Å². The van der Waals surface area contributed by atoms with E-state index in [1.165, 1.54) is 25.3 Å². The van der Waals surface area contributed by atoms with E-state index in [4.69, 9.17) is 0 Å². The van der Waals surface area contributed by atoms with Crippen LogP contribution in [0, 0.1) is 5.82 Å². The van der Waals surface area contributed by atoms with Crippen molar-refractivity contribution in [2.45, 2.75) is 6.92 Å². The standard InChI is InChI=1S/C23H18FN7O/c1-14(32)28-21-9-16(23-18(24)4-3-7-25-23)10-22(29-21)31-13-26-19-8-15(5-6-20(19)31)17-11-27-30(2)12-17/h3-13H,1-2H3,(H,28,29,32). The van der Waals surface area contributed by atoms with Crippen molar-refractivity contribution < 1.29 is 9.18 Å². The maximum absolute atomic E-state index is 14.4. The molecular formula is C23H18FN7O. The minimum atomic E-state index is -0.463. The molecule has 0 bridgehead atoms.